The molecule has 0 heterocycles. The van der Waals surface area contributed by atoms with Crippen LogP contribution >= 0.6 is 0 Å². The van der Waals surface area contributed by atoms with E-state index in [0.29, 0.717) is 6.42 Å². The fraction of sp³-hybridized carbons (Fsp3) is 0.500. The molecule has 0 fully saturated rings. The molecule has 0 aliphatic rings. The summed E-state index contributed by atoms with van der Waals surface area (Å²) in [5, 5.41) is 8.49. The summed E-state index contributed by atoms with van der Waals surface area (Å²) in [5.41, 5.74) is 0.298. The van der Waals surface area contributed by atoms with Gasteiger partial charge in [-0.15, -0.1) is 0 Å². The summed E-state index contributed by atoms with van der Waals surface area (Å²) in [6.07, 6.45) is 0.601. The highest BCUT2D eigenvalue weighted by Crippen LogP contribution is 2.37. The second-order valence-electron chi connectivity index (χ2n) is 5.69. The van der Waals surface area contributed by atoms with Gasteiger partial charge in [-0.2, -0.15) is 5.26 Å². The van der Waals surface area contributed by atoms with E-state index in [1.54, 1.807) is 13.8 Å². The van der Waals surface area contributed by atoms with Gasteiger partial charge in [-0.1, -0.05) is 44.2 Å². The van der Waals surface area contributed by atoms with Crippen LogP contribution in [0.15, 0.2) is 30.3 Å². The quantitative estimate of drug-likeness (QED) is 0.643. The minimum Gasteiger partial charge on any atom is -0.300 e. The van der Waals surface area contributed by atoms with Crippen LogP contribution in [-0.2, 0) is 15.1 Å². The number of hydrogen-bond acceptors (Lipinski definition) is 3. The zero-order valence-electron chi connectivity index (χ0n) is 10.9. The van der Waals surface area contributed by atoms with Crippen LogP contribution in [0.1, 0.15) is 39.7 Å². The van der Waals surface area contributed by atoms with Crippen molar-refractivity contribution in [3.63, 3.8) is 0 Å². The van der Waals surface area contributed by atoms with Crippen LogP contribution in [0.3, 0.4) is 0 Å². The molecule has 0 spiro atoms. The number of carbonyl (C=O) groups excluding carboxylic acids is 1. The zero-order valence-corrected chi connectivity index (χ0v) is 10.9. The molecule has 3 nitrogen and oxygen atoms in total. The minimum absolute atomic E-state index is 0.154. The summed E-state index contributed by atoms with van der Waals surface area (Å²) in [6, 6.07) is 10.0. The Kier molecular flexibility index (Phi) is 3.94. The third-order valence-corrected chi connectivity index (χ3v) is 3.07. The van der Waals surface area contributed by atoms with Crippen molar-refractivity contribution >= 4 is 5.97 Å². The molecule has 17 heavy (non-hydrogen) atoms. The Bertz CT molecular complexity index is 380. The number of benzene rings is 1. The SMILES string of the molecule is CC(C)(CC(C)(C)c1ccccc1)C(=O)OO. The van der Waals surface area contributed by atoms with Crippen molar-refractivity contribution in [1.29, 1.82) is 0 Å². The highest BCUT2D eigenvalue weighted by molar-refractivity contribution is 5.75. The summed E-state index contributed by atoms with van der Waals surface area (Å²) in [6.45, 7) is 7.70. The van der Waals surface area contributed by atoms with Crippen molar-refractivity contribution in [2.24, 2.45) is 5.41 Å². The normalized spacial score (nSPS) is 12.3. The third-order valence-electron chi connectivity index (χ3n) is 3.07. The average Bonchev–Trinajstić information content (AvgIpc) is 2.27. The lowest BCUT2D eigenvalue weighted by Gasteiger charge is -2.32. The fourth-order valence-electron chi connectivity index (χ4n) is 2.29. The second kappa shape index (κ2) is 4.88. The number of hydrogen-bond donors (Lipinski definition) is 1. The Morgan fingerprint density at radius 2 is 1.71 bits per heavy atom. The van der Waals surface area contributed by atoms with Crippen molar-refractivity contribution in [1.82, 2.24) is 0 Å². The second-order valence-corrected chi connectivity index (χ2v) is 5.69. The molecule has 0 bridgehead atoms. The fourth-order valence-corrected chi connectivity index (χ4v) is 2.29. The lowest BCUT2D eigenvalue weighted by molar-refractivity contribution is -0.244. The predicted octanol–water partition coefficient (Wildman–Crippen LogP) is 3.40. The molecule has 1 aromatic carbocycles. The van der Waals surface area contributed by atoms with Gasteiger partial charge in [0, 0.05) is 0 Å². The van der Waals surface area contributed by atoms with Crippen LogP contribution in [0.25, 0.3) is 0 Å². The van der Waals surface area contributed by atoms with Gasteiger partial charge >= 0.3 is 5.97 Å². The van der Waals surface area contributed by atoms with E-state index in [0.717, 1.165) is 0 Å². The van der Waals surface area contributed by atoms with Gasteiger partial charge in [0.2, 0.25) is 0 Å². The van der Waals surface area contributed by atoms with Crippen LogP contribution in [0.5, 0.6) is 0 Å². The van der Waals surface area contributed by atoms with Gasteiger partial charge in [0.1, 0.15) is 0 Å². The molecule has 0 aliphatic carbocycles. The Balaban J connectivity index is 2.90. The summed E-state index contributed by atoms with van der Waals surface area (Å²) < 4.78 is 0. The molecule has 1 N–H and O–H groups in total. The number of rotatable bonds is 4. The topological polar surface area (TPSA) is 46.5 Å². The molecule has 0 amide bonds. The van der Waals surface area contributed by atoms with Crippen molar-refractivity contribution in [2.45, 2.75) is 39.5 Å². The molecule has 0 aliphatic heterocycles. The Hall–Kier alpha value is -1.35. The van der Waals surface area contributed by atoms with Gasteiger partial charge in [0.25, 0.3) is 0 Å². The standard InChI is InChI=1S/C14H20O3/c1-13(2,11-8-6-5-7-9-11)10-14(3,4)12(15)17-16/h5-9,16H,10H2,1-4H3. The summed E-state index contributed by atoms with van der Waals surface area (Å²) in [7, 11) is 0. The Morgan fingerprint density at radius 1 is 1.18 bits per heavy atom. The molecule has 1 aromatic rings. The van der Waals surface area contributed by atoms with Gasteiger partial charge in [-0.25, -0.2) is 4.79 Å². The first-order valence-electron chi connectivity index (χ1n) is 5.71. The van der Waals surface area contributed by atoms with Crippen molar-refractivity contribution in [3.05, 3.63) is 35.9 Å². The largest absolute Gasteiger partial charge is 0.347 e. The smallest absolute Gasteiger partial charge is 0.300 e. The first-order chi connectivity index (χ1) is 7.79. The molecule has 0 unspecified atom stereocenters. The molecule has 0 saturated carbocycles. The third kappa shape index (κ3) is 3.30. The van der Waals surface area contributed by atoms with E-state index >= 15 is 0 Å². The maximum Gasteiger partial charge on any atom is 0.347 e. The zero-order chi connectivity index (χ0) is 13.1. The molecule has 94 valence electrons. The molecule has 0 aromatic heterocycles. The maximum atomic E-state index is 11.5. The van der Waals surface area contributed by atoms with Crippen LogP contribution in [-0.4, -0.2) is 11.2 Å². The van der Waals surface area contributed by atoms with Gasteiger partial charge in [-0.3, -0.25) is 0 Å². The van der Waals surface area contributed by atoms with E-state index in [-0.39, 0.29) is 5.41 Å². The first kappa shape index (κ1) is 13.7. The van der Waals surface area contributed by atoms with Crippen molar-refractivity contribution in [2.75, 3.05) is 0 Å². The van der Waals surface area contributed by atoms with Gasteiger partial charge in [0.15, 0.2) is 0 Å². The van der Waals surface area contributed by atoms with Gasteiger partial charge < -0.3 is 4.89 Å². The van der Waals surface area contributed by atoms with E-state index in [9.17, 15) is 4.79 Å². The van der Waals surface area contributed by atoms with E-state index in [1.807, 2.05) is 30.3 Å². The van der Waals surface area contributed by atoms with Gasteiger partial charge in [0.05, 0.1) is 5.41 Å². The van der Waals surface area contributed by atoms with Crippen LogP contribution < -0.4 is 0 Å². The van der Waals surface area contributed by atoms with Crippen LogP contribution in [0.2, 0.25) is 0 Å². The van der Waals surface area contributed by atoms with E-state index < -0.39 is 11.4 Å². The maximum absolute atomic E-state index is 11.5. The Morgan fingerprint density at radius 3 is 2.18 bits per heavy atom. The van der Waals surface area contributed by atoms with Crippen LogP contribution in [0, 0.1) is 5.41 Å². The van der Waals surface area contributed by atoms with E-state index in [4.69, 9.17) is 5.26 Å². The molecule has 0 radical (unpaired) electrons. The van der Waals surface area contributed by atoms with Crippen LogP contribution in [0.4, 0.5) is 0 Å². The van der Waals surface area contributed by atoms with Crippen molar-refractivity contribution in [3.8, 4) is 0 Å². The number of carbonyl (C=O) groups is 1. The lowest BCUT2D eigenvalue weighted by atomic mass is 9.71. The molecule has 0 saturated heterocycles. The monoisotopic (exact) mass is 236 g/mol. The lowest BCUT2D eigenvalue weighted by Crippen LogP contribution is -2.33. The molecule has 3 heteroatoms. The van der Waals surface area contributed by atoms with E-state index in [2.05, 4.69) is 18.7 Å². The summed E-state index contributed by atoms with van der Waals surface area (Å²) in [5.74, 6) is -0.596. The highest BCUT2D eigenvalue weighted by atomic mass is 17.1. The van der Waals surface area contributed by atoms with E-state index in [1.165, 1.54) is 5.56 Å². The molecule has 1 rings (SSSR count). The van der Waals surface area contributed by atoms with Gasteiger partial charge in [-0.05, 0) is 31.2 Å². The highest BCUT2D eigenvalue weighted by Gasteiger charge is 2.37. The van der Waals surface area contributed by atoms with Crippen molar-refractivity contribution < 1.29 is 14.9 Å². The first-order valence-corrected chi connectivity index (χ1v) is 5.71. The molecular weight excluding hydrogens is 216 g/mol. The minimum atomic E-state index is -0.714. The molecular formula is C14H20O3. The summed E-state index contributed by atoms with van der Waals surface area (Å²) in [4.78, 5) is 15.3. The Labute approximate surface area is 102 Å². The summed E-state index contributed by atoms with van der Waals surface area (Å²) >= 11 is 0. The predicted molar refractivity (Wildman–Crippen MR) is 66.6 cm³/mol. The molecule has 0 atom stereocenters. The average molecular weight is 236 g/mol.